The number of rotatable bonds is 10. The molecule has 0 spiro atoms. The first kappa shape index (κ1) is 20.5. The average Bonchev–Trinajstić information content (AvgIpc) is 2.58. The molecule has 6 nitrogen and oxygen atoms in total. The van der Waals surface area contributed by atoms with Gasteiger partial charge in [-0.25, -0.2) is 0 Å². The van der Waals surface area contributed by atoms with Gasteiger partial charge in [0.15, 0.2) is 5.96 Å². The van der Waals surface area contributed by atoms with Crippen molar-refractivity contribution < 1.29 is 9.47 Å². The van der Waals surface area contributed by atoms with Crippen molar-refractivity contribution in [3.8, 4) is 5.75 Å². The first-order valence-electron chi connectivity index (χ1n) is 8.09. The van der Waals surface area contributed by atoms with E-state index >= 15 is 0 Å². The van der Waals surface area contributed by atoms with Crippen molar-refractivity contribution >= 4 is 17.6 Å². The van der Waals surface area contributed by atoms with Crippen molar-refractivity contribution in [2.24, 2.45) is 4.99 Å². The predicted octanol–water partition coefficient (Wildman–Crippen LogP) is 1.85. The van der Waals surface area contributed by atoms with Crippen molar-refractivity contribution in [3.05, 3.63) is 29.3 Å². The van der Waals surface area contributed by atoms with Crippen molar-refractivity contribution in [2.75, 3.05) is 54.0 Å². The number of methoxy groups -OCH3 is 1. The lowest BCUT2D eigenvalue weighted by Crippen LogP contribution is -2.44. The fourth-order valence-electron chi connectivity index (χ4n) is 1.97. The quantitative estimate of drug-likeness (QED) is 0.495. The number of nitrogens with zero attached hydrogens (tertiary/aromatic N) is 2. The highest BCUT2D eigenvalue weighted by atomic mass is 35.5. The summed E-state index contributed by atoms with van der Waals surface area (Å²) in [5, 5.41) is 7.25. The number of aliphatic imine (C=N–C) groups is 1. The van der Waals surface area contributed by atoms with Crippen molar-refractivity contribution in [1.29, 1.82) is 0 Å². The number of likely N-dealkylation sites (N-methyl/N-ethyl adjacent to an activating group) is 1. The third-order valence-electron chi connectivity index (χ3n) is 3.39. The third kappa shape index (κ3) is 8.96. The molecule has 1 aromatic carbocycles. The summed E-state index contributed by atoms with van der Waals surface area (Å²) < 4.78 is 10.9. The molecular formula is C17H29ClN4O2. The van der Waals surface area contributed by atoms with E-state index in [1.165, 1.54) is 0 Å². The van der Waals surface area contributed by atoms with Crippen LogP contribution in [-0.4, -0.2) is 71.0 Å². The molecule has 0 aliphatic rings. The Morgan fingerprint density at radius 2 is 1.96 bits per heavy atom. The Morgan fingerprint density at radius 1 is 1.25 bits per heavy atom. The van der Waals surface area contributed by atoms with E-state index in [9.17, 15) is 0 Å². The van der Waals surface area contributed by atoms with Crippen LogP contribution in [0, 0.1) is 0 Å². The molecule has 0 radical (unpaired) electrons. The van der Waals surface area contributed by atoms with Crippen LogP contribution in [0.2, 0.25) is 5.02 Å². The molecule has 1 aromatic rings. The van der Waals surface area contributed by atoms with E-state index < -0.39 is 0 Å². The molecule has 0 heterocycles. The molecule has 1 unspecified atom stereocenters. The summed E-state index contributed by atoms with van der Waals surface area (Å²) in [6.45, 7) is 6.04. The van der Waals surface area contributed by atoms with Crippen LogP contribution < -0.4 is 15.4 Å². The number of guanidine groups is 1. The molecule has 0 aliphatic carbocycles. The first-order chi connectivity index (χ1) is 11.5. The number of halogens is 1. The molecule has 1 atom stereocenters. The fraction of sp³-hybridized carbons (Fsp3) is 0.588. The standard InChI is InChI=1S/C17H29ClN4O2/c1-14(24-16-7-5-15(18)6-8-16)13-21-17(19-2)20-9-10-22(3)11-12-23-4/h5-8,14H,9-13H2,1-4H3,(H2,19,20,21). The van der Waals surface area contributed by atoms with Crippen LogP contribution in [0.5, 0.6) is 5.75 Å². The van der Waals surface area contributed by atoms with Gasteiger partial charge in [-0.15, -0.1) is 0 Å². The van der Waals surface area contributed by atoms with E-state index in [1.54, 1.807) is 14.2 Å². The van der Waals surface area contributed by atoms with Gasteiger partial charge in [-0.05, 0) is 38.2 Å². The van der Waals surface area contributed by atoms with Gasteiger partial charge in [0.1, 0.15) is 11.9 Å². The summed E-state index contributed by atoms with van der Waals surface area (Å²) in [4.78, 5) is 6.42. The third-order valence-corrected chi connectivity index (χ3v) is 3.65. The predicted molar refractivity (Wildman–Crippen MR) is 100 cm³/mol. The van der Waals surface area contributed by atoms with Crippen LogP contribution in [0.1, 0.15) is 6.92 Å². The summed E-state index contributed by atoms with van der Waals surface area (Å²) in [5.41, 5.74) is 0. The molecule has 0 saturated heterocycles. The van der Waals surface area contributed by atoms with Crippen LogP contribution in [0.25, 0.3) is 0 Å². The minimum absolute atomic E-state index is 0.00843. The Labute approximate surface area is 150 Å². The highest BCUT2D eigenvalue weighted by Gasteiger charge is 2.06. The fourth-order valence-corrected chi connectivity index (χ4v) is 2.10. The number of hydrogen-bond acceptors (Lipinski definition) is 4. The van der Waals surface area contributed by atoms with Crippen LogP contribution in [0.15, 0.2) is 29.3 Å². The SMILES string of the molecule is CN=C(NCCN(C)CCOC)NCC(C)Oc1ccc(Cl)cc1. The Balaban J connectivity index is 2.24. The van der Waals surface area contributed by atoms with Crippen LogP contribution >= 0.6 is 11.6 Å². The van der Waals surface area contributed by atoms with E-state index in [-0.39, 0.29) is 6.10 Å². The molecule has 136 valence electrons. The second kappa shape index (κ2) is 11.9. The Hall–Kier alpha value is -1.50. The van der Waals surface area contributed by atoms with Crippen LogP contribution in [0.3, 0.4) is 0 Å². The smallest absolute Gasteiger partial charge is 0.191 e. The monoisotopic (exact) mass is 356 g/mol. The first-order valence-corrected chi connectivity index (χ1v) is 8.47. The van der Waals surface area contributed by atoms with Crippen molar-refractivity contribution in [1.82, 2.24) is 15.5 Å². The Morgan fingerprint density at radius 3 is 2.58 bits per heavy atom. The van der Waals surface area contributed by atoms with Gasteiger partial charge in [0.05, 0.1) is 13.2 Å². The topological polar surface area (TPSA) is 58.1 Å². The molecule has 7 heteroatoms. The number of benzene rings is 1. The summed E-state index contributed by atoms with van der Waals surface area (Å²) in [6, 6.07) is 7.36. The maximum Gasteiger partial charge on any atom is 0.191 e. The normalized spacial score (nSPS) is 13.0. The molecule has 0 fully saturated rings. The lowest BCUT2D eigenvalue weighted by Gasteiger charge is -2.19. The zero-order valence-corrected chi connectivity index (χ0v) is 15.8. The molecule has 0 saturated carbocycles. The zero-order valence-electron chi connectivity index (χ0n) is 15.0. The molecular weight excluding hydrogens is 328 g/mol. The largest absolute Gasteiger partial charge is 0.489 e. The van der Waals surface area contributed by atoms with E-state index in [2.05, 4.69) is 27.6 Å². The van der Waals surface area contributed by atoms with Gasteiger partial charge < -0.3 is 25.0 Å². The van der Waals surface area contributed by atoms with E-state index in [0.717, 1.165) is 38.0 Å². The highest BCUT2D eigenvalue weighted by Crippen LogP contribution is 2.16. The van der Waals surface area contributed by atoms with Crippen molar-refractivity contribution in [3.63, 3.8) is 0 Å². The van der Waals surface area contributed by atoms with E-state index in [1.807, 2.05) is 31.2 Å². The van der Waals surface area contributed by atoms with Gasteiger partial charge in [-0.3, -0.25) is 4.99 Å². The van der Waals surface area contributed by atoms with E-state index in [4.69, 9.17) is 21.1 Å². The van der Waals surface area contributed by atoms with Gasteiger partial charge in [0.2, 0.25) is 0 Å². The molecule has 2 N–H and O–H groups in total. The lowest BCUT2D eigenvalue weighted by atomic mass is 10.3. The van der Waals surface area contributed by atoms with Gasteiger partial charge in [0, 0.05) is 38.8 Å². The Bertz CT molecular complexity index is 482. The maximum atomic E-state index is 5.87. The lowest BCUT2D eigenvalue weighted by molar-refractivity contribution is 0.162. The van der Waals surface area contributed by atoms with Crippen LogP contribution in [-0.2, 0) is 4.74 Å². The maximum absolute atomic E-state index is 5.87. The van der Waals surface area contributed by atoms with Gasteiger partial charge in [-0.2, -0.15) is 0 Å². The second-order valence-electron chi connectivity index (χ2n) is 5.56. The molecule has 0 aromatic heterocycles. The summed E-state index contributed by atoms with van der Waals surface area (Å²) in [5.74, 6) is 1.57. The summed E-state index contributed by atoms with van der Waals surface area (Å²) in [6.07, 6.45) is 0.00843. The minimum Gasteiger partial charge on any atom is -0.489 e. The van der Waals surface area contributed by atoms with Gasteiger partial charge in [0.25, 0.3) is 0 Å². The number of nitrogens with one attached hydrogen (secondary N) is 2. The minimum atomic E-state index is 0.00843. The highest BCUT2D eigenvalue weighted by molar-refractivity contribution is 6.30. The number of hydrogen-bond donors (Lipinski definition) is 2. The second-order valence-corrected chi connectivity index (χ2v) is 5.99. The zero-order chi connectivity index (χ0) is 17.8. The molecule has 0 bridgehead atoms. The Kier molecular flexibility index (Phi) is 10.2. The van der Waals surface area contributed by atoms with E-state index in [0.29, 0.717) is 11.6 Å². The number of ether oxygens (including phenoxy) is 2. The average molecular weight is 357 g/mol. The molecule has 0 aliphatic heterocycles. The van der Waals surface area contributed by atoms with Crippen molar-refractivity contribution in [2.45, 2.75) is 13.0 Å². The summed E-state index contributed by atoms with van der Waals surface area (Å²) in [7, 11) is 5.54. The molecule has 0 amide bonds. The molecule has 1 rings (SSSR count). The van der Waals surface area contributed by atoms with Gasteiger partial charge in [-0.1, -0.05) is 11.6 Å². The van der Waals surface area contributed by atoms with Crippen LogP contribution in [0.4, 0.5) is 0 Å². The van der Waals surface area contributed by atoms with Gasteiger partial charge >= 0.3 is 0 Å². The summed E-state index contributed by atoms with van der Waals surface area (Å²) >= 11 is 5.87. The molecule has 24 heavy (non-hydrogen) atoms.